The van der Waals surface area contributed by atoms with Crippen LogP contribution in [0.3, 0.4) is 0 Å². The zero-order valence-electron chi connectivity index (χ0n) is 24.1. The number of hydrogen-bond donors (Lipinski definition) is 2. The predicted molar refractivity (Wildman–Crippen MR) is 165 cm³/mol. The average molecular weight is 587 g/mol. The van der Waals surface area contributed by atoms with E-state index in [0.29, 0.717) is 41.9 Å². The Morgan fingerprint density at radius 1 is 1.05 bits per heavy atom. The van der Waals surface area contributed by atoms with E-state index in [4.69, 9.17) is 11.6 Å². The first-order chi connectivity index (χ1) is 20.2. The molecule has 11 heteroatoms. The fraction of sp³-hybridized carbons (Fsp3) is 0.387. The Kier molecular flexibility index (Phi) is 7.49. The number of fused-ring (bicyclic) bond motifs is 2. The summed E-state index contributed by atoms with van der Waals surface area (Å²) in [5.41, 5.74) is 3.21. The van der Waals surface area contributed by atoms with Gasteiger partial charge in [-0.25, -0.2) is 19.7 Å². The second-order valence-electron chi connectivity index (χ2n) is 11.9. The first-order valence-electron chi connectivity index (χ1n) is 14.3. The number of nitrogens with zero attached hydrogens (tertiary/aromatic N) is 6. The van der Waals surface area contributed by atoms with Gasteiger partial charge in [-0.3, -0.25) is 10.1 Å². The summed E-state index contributed by atoms with van der Waals surface area (Å²) in [5.74, 6) is 1.34. The predicted octanol–water partition coefficient (Wildman–Crippen LogP) is 5.44. The Labute approximate surface area is 250 Å². The molecule has 10 nitrogen and oxygen atoms in total. The van der Waals surface area contributed by atoms with Crippen LogP contribution in [-0.4, -0.2) is 72.5 Å². The smallest absolute Gasteiger partial charge is 0.323 e. The molecule has 5 heterocycles. The summed E-state index contributed by atoms with van der Waals surface area (Å²) in [5, 5.41) is 7.89. The molecule has 0 atom stereocenters. The number of carbonyl (C=O) groups is 2. The largest absolute Gasteiger partial charge is 0.365 e. The Bertz CT molecular complexity index is 1640. The minimum atomic E-state index is -0.231. The van der Waals surface area contributed by atoms with E-state index in [-0.39, 0.29) is 30.1 Å². The normalized spacial score (nSPS) is 16.2. The number of benzene rings is 1. The number of aromatic nitrogens is 4. The second kappa shape index (κ2) is 11.2. The molecular formula is C31H35ClN8O2. The number of rotatable bonds is 5. The monoisotopic (exact) mass is 586 g/mol. The van der Waals surface area contributed by atoms with E-state index in [9.17, 15) is 9.59 Å². The SMILES string of the molecule is CC(C)(C)Nc1ncnc2c1c(-c1ccccc1Cl)cn2CC(=O)N1CCC(N2CCc3cccnc3NC2=O)CC1. The lowest BCUT2D eigenvalue weighted by Gasteiger charge is -2.38. The molecular weight excluding hydrogens is 552 g/mol. The Morgan fingerprint density at radius 3 is 2.60 bits per heavy atom. The number of nitrogens with one attached hydrogen (secondary N) is 2. The number of urea groups is 1. The molecule has 2 aliphatic heterocycles. The summed E-state index contributed by atoms with van der Waals surface area (Å²) in [6, 6.07) is 11.5. The van der Waals surface area contributed by atoms with Crippen LogP contribution in [0.5, 0.6) is 0 Å². The molecule has 1 aromatic carbocycles. The molecule has 0 unspecified atom stereocenters. The first kappa shape index (κ1) is 28.0. The maximum absolute atomic E-state index is 13.6. The molecule has 2 N–H and O–H groups in total. The van der Waals surface area contributed by atoms with E-state index in [1.807, 2.05) is 57.0 Å². The average Bonchev–Trinajstić information content (AvgIpc) is 3.23. The highest BCUT2D eigenvalue weighted by atomic mass is 35.5. The quantitative estimate of drug-likeness (QED) is 0.322. The second-order valence-corrected chi connectivity index (χ2v) is 12.4. The third kappa shape index (κ3) is 5.63. The Morgan fingerprint density at radius 2 is 1.83 bits per heavy atom. The van der Waals surface area contributed by atoms with Crippen molar-refractivity contribution < 1.29 is 9.59 Å². The maximum Gasteiger partial charge on any atom is 0.323 e. The number of pyridine rings is 1. The number of amides is 3. The van der Waals surface area contributed by atoms with Gasteiger partial charge >= 0.3 is 6.03 Å². The first-order valence-corrected chi connectivity index (χ1v) is 14.7. The number of halogens is 1. The van der Waals surface area contributed by atoms with Crippen LogP contribution in [-0.2, 0) is 17.8 Å². The van der Waals surface area contributed by atoms with Gasteiger partial charge in [0.1, 0.15) is 30.2 Å². The van der Waals surface area contributed by atoms with Crippen LogP contribution < -0.4 is 10.6 Å². The van der Waals surface area contributed by atoms with E-state index in [2.05, 4.69) is 46.4 Å². The molecule has 3 aromatic heterocycles. The van der Waals surface area contributed by atoms with Gasteiger partial charge < -0.3 is 19.7 Å². The zero-order chi connectivity index (χ0) is 29.4. The summed E-state index contributed by atoms with van der Waals surface area (Å²) in [7, 11) is 0. The van der Waals surface area contributed by atoms with Crippen molar-refractivity contribution >= 4 is 46.2 Å². The van der Waals surface area contributed by atoms with Crippen LogP contribution in [0, 0.1) is 0 Å². The highest BCUT2D eigenvalue weighted by molar-refractivity contribution is 6.33. The minimum absolute atomic E-state index is 0.0110. The lowest BCUT2D eigenvalue weighted by atomic mass is 10.0. The van der Waals surface area contributed by atoms with Crippen molar-refractivity contribution in [3.63, 3.8) is 0 Å². The van der Waals surface area contributed by atoms with E-state index in [0.717, 1.165) is 41.3 Å². The molecule has 1 fully saturated rings. The molecule has 1 saturated heterocycles. The van der Waals surface area contributed by atoms with Crippen molar-refractivity contribution in [3.8, 4) is 11.1 Å². The van der Waals surface area contributed by atoms with Crippen LogP contribution >= 0.6 is 11.6 Å². The number of carbonyl (C=O) groups excluding carboxylic acids is 2. The molecule has 3 amide bonds. The highest BCUT2D eigenvalue weighted by Crippen LogP contribution is 2.38. The van der Waals surface area contributed by atoms with Crippen molar-refractivity contribution in [2.24, 2.45) is 0 Å². The van der Waals surface area contributed by atoms with E-state index >= 15 is 0 Å². The summed E-state index contributed by atoms with van der Waals surface area (Å²) in [6.45, 7) is 8.17. The van der Waals surface area contributed by atoms with Gasteiger partial charge in [-0.15, -0.1) is 0 Å². The van der Waals surface area contributed by atoms with Gasteiger partial charge in [-0.05, 0) is 57.7 Å². The van der Waals surface area contributed by atoms with Crippen LogP contribution in [0.25, 0.3) is 22.2 Å². The third-order valence-corrected chi connectivity index (χ3v) is 8.20. The third-order valence-electron chi connectivity index (χ3n) is 7.87. The number of hydrogen-bond acceptors (Lipinski definition) is 6. The lowest BCUT2D eigenvalue weighted by molar-refractivity contribution is -0.133. The topological polar surface area (TPSA) is 108 Å². The fourth-order valence-corrected chi connectivity index (χ4v) is 6.10. The molecule has 0 spiro atoms. The molecule has 218 valence electrons. The molecule has 2 aliphatic rings. The van der Waals surface area contributed by atoms with E-state index < -0.39 is 0 Å². The minimum Gasteiger partial charge on any atom is -0.365 e. The van der Waals surface area contributed by atoms with E-state index in [1.54, 1.807) is 6.20 Å². The van der Waals surface area contributed by atoms with Crippen LogP contribution in [0.1, 0.15) is 39.2 Å². The zero-order valence-corrected chi connectivity index (χ0v) is 24.9. The van der Waals surface area contributed by atoms with Crippen molar-refractivity contribution in [1.29, 1.82) is 0 Å². The summed E-state index contributed by atoms with van der Waals surface area (Å²) in [4.78, 5) is 43.8. The number of piperidine rings is 1. The van der Waals surface area contributed by atoms with Gasteiger partial charge in [0.2, 0.25) is 5.91 Å². The molecule has 0 radical (unpaired) electrons. The molecule has 42 heavy (non-hydrogen) atoms. The van der Waals surface area contributed by atoms with Crippen LogP contribution in [0.2, 0.25) is 5.02 Å². The van der Waals surface area contributed by atoms with Crippen molar-refractivity contribution in [2.75, 3.05) is 30.3 Å². The Balaban J connectivity index is 1.20. The standard InChI is InChI=1S/C31H35ClN8O2/c1-31(2,3)37-28-26-23(22-8-4-5-9-24(22)32)17-39(29(26)35-19-34-28)18-25(41)38-14-11-21(12-15-38)40-16-10-20-7-6-13-33-27(20)36-30(40)42/h4-9,13,17,19,21H,10-12,14-16,18H2,1-3H3,(H,33,36,42)(H,34,35,37). The van der Waals surface area contributed by atoms with Gasteiger partial charge in [0.15, 0.2) is 0 Å². The highest BCUT2D eigenvalue weighted by Gasteiger charge is 2.32. The van der Waals surface area contributed by atoms with Crippen LogP contribution in [0.4, 0.5) is 16.4 Å². The molecule has 0 saturated carbocycles. The summed E-state index contributed by atoms with van der Waals surface area (Å²) in [6.07, 6.45) is 7.37. The fourth-order valence-electron chi connectivity index (χ4n) is 5.87. The Hall–Kier alpha value is -4.18. The summed E-state index contributed by atoms with van der Waals surface area (Å²) >= 11 is 6.62. The van der Waals surface area contributed by atoms with Crippen molar-refractivity contribution in [1.82, 2.24) is 29.3 Å². The summed E-state index contributed by atoms with van der Waals surface area (Å²) < 4.78 is 1.89. The van der Waals surface area contributed by atoms with Gasteiger partial charge in [-0.1, -0.05) is 35.9 Å². The van der Waals surface area contributed by atoms with Crippen molar-refractivity contribution in [3.05, 3.63) is 65.7 Å². The van der Waals surface area contributed by atoms with Gasteiger partial charge in [0, 0.05) is 59.8 Å². The van der Waals surface area contributed by atoms with Crippen molar-refractivity contribution in [2.45, 2.75) is 58.2 Å². The molecule has 0 bridgehead atoms. The van der Waals surface area contributed by atoms with Crippen LogP contribution in [0.15, 0.2) is 55.1 Å². The molecule has 4 aromatic rings. The van der Waals surface area contributed by atoms with E-state index in [1.165, 1.54) is 6.33 Å². The molecule has 6 rings (SSSR count). The van der Waals surface area contributed by atoms with Gasteiger partial charge in [0.25, 0.3) is 0 Å². The number of likely N-dealkylation sites (tertiary alicyclic amines) is 1. The molecule has 0 aliphatic carbocycles. The van der Waals surface area contributed by atoms with Gasteiger partial charge in [-0.2, -0.15) is 0 Å². The lowest BCUT2D eigenvalue weighted by Crippen LogP contribution is -2.50. The number of anilines is 2. The maximum atomic E-state index is 13.6. The van der Waals surface area contributed by atoms with Gasteiger partial charge in [0.05, 0.1) is 5.39 Å².